The molecule has 1 amide bonds. The molecule has 0 bridgehead atoms. The van der Waals surface area contributed by atoms with Gasteiger partial charge in [0.25, 0.3) is 5.91 Å². The number of halogens is 2. The van der Waals surface area contributed by atoms with Crippen molar-refractivity contribution < 1.29 is 13.6 Å². The Morgan fingerprint density at radius 2 is 1.81 bits per heavy atom. The molecule has 0 atom stereocenters. The van der Waals surface area contributed by atoms with Gasteiger partial charge in [-0.2, -0.15) is 5.10 Å². The molecule has 7 heteroatoms. The molecule has 2 heterocycles. The van der Waals surface area contributed by atoms with E-state index in [-0.39, 0.29) is 16.9 Å². The smallest absolute Gasteiger partial charge is 0.256 e. The van der Waals surface area contributed by atoms with Crippen molar-refractivity contribution in [2.75, 3.05) is 5.32 Å². The van der Waals surface area contributed by atoms with E-state index < -0.39 is 11.6 Å². The van der Waals surface area contributed by atoms with Gasteiger partial charge in [0.05, 0.1) is 11.2 Å². The van der Waals surface area contributed by atoms with Crippen molar-refractivity contribution >= 4 is 22.6 Å². The maximum absolute atomic E-state index is 14.1. The maximum atomic E-state index is 14.1. The number of carbonyl (C=O) groups is 1. The van der Waals surface area contributed by atoms with Crippen molar-refractivity contribution in [3.8, 4) is 11.1 Å². The van der Waals surface area contributed by atoms with Gasteiger partial charge in [0.1, 0.15) is 17.5 Å². The van der Waals surface area contributed by atoms with Gasteiger partial charge < -0.3 is 5.32 Å². The summed E-state index contributed by atoms with van der Waals surface area (Å²) >= 11 is 0. The molecule has 4 rings (SSSR count). The minimum absolute atomic E-state index is 0.130. The molecule has 0 fully saturated rings. The highest BCUT2D eigenvalue weighted by Crippen LogP contribution is 2.27. The molecule has 0 aliphatic heterocycles. The van der Waals surface area contributed by atoms with E-state index in [2.05, 4.69) is 36.2 Å². The normalized spacial score (nSPS) is 11.7. The van der Waals surface area contributed by atoms with Crippen LogP contribution < -0.4 is 5.32 Å². The predicted octanol–water partition coefficient (Wildman–Crippen LogP) is 5.46. The Morgan fingerprint density at radius 3 is 2.48 bits per heavy atom. The molecule has 1 N–H and O–H groups in total. The number of anilines is 1. The number of hydrogen-bond donors (Lipinski definition) is 1. The van der Waals surface area contributed by atoms with Crippen LogP contribution in [0.4, 0.5) is 14.6 Å². The predicted molar refractivity (Wildman–Crippen MR) is 117 cm³/mol. The lowest BCUT2D eigenvalue weighted by atomic mass is 9.92. The lowest BCUT2D eigenvalue weighted by molar-refractivity contribution is 0.102. The van der Waals surface area contributed by atoms with Crippen molar-refractivity contribution in [3.63, 3.8) is 0 Å². The number of benzene rings is 2. The molecule has 0 spiro atoms. The fraction of sp³-hybridized carbons (Fsp3) is 0.208. The van der Waals surface area contributed by atoms with Gasteiger partial charge in [0.15, 0.2) is 0 Å². The first-order valence-corrected chi connectivity index (χ1v) is 9.83. The molecule has 0 unspecified atom stereocenters. The van der Waals surface area contributed by atoms with Crippen LogP contribution in [-0.2, 0) is 12.5 Å². The summed E-state index contributed by atoms with van der Waals surface area (Å²) in [6.07, 6.45) is 1.51. The van der Waals surface area contributed by atoms with E-state index in [1.807, 2.05) is 6.07 Å². The van der Waals surface area contributed by atoms with E-state index in [0.717, 1.165) is 17.1 Å². The van der Waals surface area contributed by atoms with Crippen molar-refractivity contribution in [1.82, 2.24) is 14.8 Å². The van der Waals surface area contributed by atoms with E-state index in [9.17, 15) is 13.6 Å². The number of pyridine rings is 1. The van der Waals surface area contributed by atoms with Crippen molar-refractivity contribution in [2.45, 2.75) is 26.2 Å². The summed E-state index contributed by atoms with van der Waals surface area (Å²) < 4.78 is 28.9. The lowest BCUT2D eigenvalue weighted by Gasteiger charge is -2.13. The highest BCUT2D eigenvalue weighted by Gasteiger charge is 2.20. The van der Waals surface area contributed by atoms with Crippen molar-refractivity contribution in [1.29, 1.82) is 0 Å². The van der Waals surface area contributed by atoms with Crippen LogP contribution in [0.3, 0.4) is 0 Å². The van der Waals surface area contributed by atoms with Crippen molar-refractivity contribution in [2.24, 2.45) is 7.05 Å². The van der Waals surface area contributed by atoms with Gasteiger partial charge in [-0.15, -0.1) is 0 Å². The van der Waals surface area contributed by atoms with E-state index in [1.54, 1.807) is 36.0 Å². The summed E-state index contributed by atoms with van der Waals surface area (Å²) in [5, 5.41) is 8.09. The highest BCUT2D eigenvalue weighted by molar-refractivity contribution is 6.05. The number of amides is 1. The number of nitrogens with one attached hydrogen (secondary N) is 1. The third-order valence-electron chi connectivity index (χ3n) is 5.08. The van der Waals surface area contributed by atoms with Gasteiger partial charge in [0.2, 0.25) is 0 Å². The summed E-state index contributed by atoms with van der Waals surface area (Å²) in [5.41, 5.74) is 2.59. The highest BCUT2D eigenvalue weighted by atomic mass is 19.1. The third-order valence-corrected chi connectivity index (χ3v) is 5.08. The SMILES string of the molecule is Cn1nc(C(C)(C)C)cc1NC(=O)c1ccc2cc(-c3ccc(F)cc3F)cnc2c1. The fourth-order valence-corrected chi connectivity index (χ4v) is 3.27. The molecular weight excluding hydrogens is 398 g/mol. The summed E-state index contributed by atoms with van der Waals surface area (Å²) in [6.45, 7) is 6.17. The van der Waals surface area contributed by atoms with E-state index in [0.29, 0.717) is 22.5 Å². The van der Waals surface area contributed by atoms with Crippen LogP contribution in [0.15, 0.2) is 54.7 Å². The summed E-state index contributed by atoms with van der Waals surface area (Å²) in [7, 11) is 1.78. The van der Waals surface area contributed by atoms with E-state index in [1.165, 1.54) is 18.3 Å². The Kier molecular flexibility index (Phi) is 5.05. The number of aromatic nitrogens is 3. The zero-order valence-corrected chi connectivity index (χ0v) is 17.7. The Balaban J connectivity index is 1.61. The third kappa shape index (κ3) is 4.17. The van der Waals surface area contributed by atoms with E-state index in [4.69, 9.17) is 0 Å². The number of hydrogen-bond acceptors (Lipinski definition) is 3. The topological polar surface area (TPSA) is 59.8 Å². The van der Waals surface area contributed by atoms with Crippen LogP contribution in [0.2, 0.25) is 0 Å². The number of aryl methyl sites for hydroxylation is 1. The van der Waals surface area contributed by atoms with Gasteiger partial charge in [-0.1, -0.05) is 26.8 Å². The van der Waals surface area contributed by atoms with Gasteiger partial charge >= 0.3 is 0 Å². The Bertz CT molecular complexity index is 1300. The van der Waals surface area contributed by atoms with Crippen LogP contribution >= 0.6 is 0 Å². The monoisotopic (exact) mass is 420 g/mol. The second-order valence-electron chi connectivity index (χ2n) is 8.50. The van der Waals surface area contributed by atoms with Gasteiger partial charge in [-0.05, 0) is 30.3 Å². The molecule has 158 valence electrons. The minimum atomic E-state index is -0.650. The Morgan fingerprint density at radius 1 is 1.03 bits per heavy atom. The summed E-state index contributed by atoms with van der Waals surface area (Å²) in [4.78, 5) is 17.1. The number of fused-ring (bicyclic) bond motifs is 1. The molecule has 2 aromatic heterocycles. The zero-order valence-electron chi connectivity index (χ0n) is 17.7. The lowest BCUT2D eigenvalue weighted by Crippen LogP contribution is -2.14. The van der Waals surface area contributed by atoms with Crippen molar-refractivity contribution in [3.05, 3.63) is 77.6 Å². The van der Waals surface area contributed by atoms with Crippen LogP contribution in [0.25, 0.3) is 22.0 Å². The summed E-state index contributed by atoms with van der Waals surface area (Å²) in [5.74, 6) is -0.956. The van der Waals surface area contributed by atoms with Gasteiger partial charge in [0, 0.05) is 52.9 Å². The molecule has 4 aromatic rings. The first-order chi connectivity index (χ1) is 14.6. The molecule has 31 heavy (non-hydrogen) atoms. The van der Waals surface area contributed by atoms with Crippen LogP contribution in [0, 0.1) is 11.6 Å². The van der Waals surface area contributed by atoms with Gasteiger partial charge in [-0.25, -0.2) is 8.78 Å². The molecular formula is C24H22F2N4O. The Labute approximate surface area is 178 Å². The first-order valence-electron chi connectivity index (χ1n) is 9.83. The molecule has 0 aliphatic carbocycles. The van der Waals surface area contributed by atoms with E-state index >= 15 is 0 Å². The average molecular weight is 420 g/mol. The molecule has 0 radical (unpaired) electrons. The second-order valence-corrected chi connectivity index (χ2v) is 8.50. The standard InChI is InChI=1S/C24H22F2N4O/c1-24(2,3)21-12-22(30(4)29-21)28-23(31)15-6-5-14-9-16(13-27-20(14)10-15)18-8-7-17(25)11-19(18)26/h5-13H,1-4H3,(H,28,31). The van der Waals surface area contributed by atoms with Crippen LogP contribution in [0.1, 0.15) is 36.8 Å². The minimum Gasteiger partial charge on any atom is -0.307 e. The molecule has 0 saturated heterocycles. The maximum Gasteiger partial charge on any atom is 0.256 e. The first kappa shape index (κ1) is 20.7. The summed E-state index contributed by atoms with van der Waals surface area (Å²) in [6, 6.07) is 12.2. The molecule has 0 saturated carbocycles. The fourth-order valence-electron chi connectivity index (χ4n) is 3.27. The second kappa shape index (κ2) is 7.58. The van der Waals surface area contributed by atoms with Crippen LogP contribution in [0.5, 0.6) is 0 Å². The Hall–Kier alpha value is -3.61. The zero-order chi connectivity index (χ0) is 22.3. The molecule has 2 aromatic carbocycles. The number of carbonyl (C=O) groups excluding carboxylic acids is 1. The number of nitrogens with zero attached hydrogens (tertiary/aromatic N) is 3. The largest absolute Gasteiger partial charge is 0.307 e. The molecule has 0 aliphatic rings. The number of rotatable bonds is 3. The quantitative estimate of drug-likeness (QED) is 0.479. The van der Waals surface area contributed by atoms with Gasteiger partial charge in [-0.3, -0.25) is 14.5 Å². The molecule has 5 nitrogen and oxygen atoms in total. The average Bonchev–Trinajstić information content (AvgIpc) is 3.08. The van der Waals surface area contributed by atoms with Crippen LogP contribution in [-0.4, -0.2) is 20.7 Å².